The van der Waals surface area contributed by atoms with Crippen LogP contribution in [0, 0.1) is 5.92 Å². The summed E-state index contributed by atoms with van der Waals surface area (Å²) in [7, 11) is -2.96. The van der Waals surface area contributed by atoms with Gasteiger partial charge in [-0.1, -0.05) is 13.8 Å². The minimum atomic E-state index is -4.11. The SMILES string of the molecule is COC(=O)[C@@H](NS(=O)(=O)c1ccsc1C(=O)O)C(C)C. The summed E-state index contributed by atoms with van der Waals surface area (Å²) < 4.78 is 31.1. The van der Waals surface area contributed by atoms with Gasteiger partial charge in [-0.05, 0) is 17.4 Å². The fraction of sp³-hybridized carbons (Fsp3) is 0.455. The van der Waals surface area contributed by atoms with E-state index in [1.807, 2.05) is 0 Å². The molecular formula is C11H15NO6S2. The van der Waals surface area contributed by atoms with Crippen LogP contribution in [0.3, 0.4) is 0 Å². The molecule has 2 N–H and O–H groups in total. The van der Waals surface area contributed by atoms with Crippen molar-refractivity contribution in [2.75, 3.05) is 7.11 Å². The van der Waals surface area contributed by atoms with Gasteiger partial charge in [0.2, 0.25) is 10.0 Å². The molecule has 0 amide bonds. The van der Waals surface area contributed by atoms with Crippen molar-refractivity contribution in [1.29, 1.82) is 0 Å². The van der Waals surface area contributed by atoms with Gasteiger partial charge >= 0.3 is 11.9 Å². The average molecular weight is 321 g/mol. The monoisotopic (exact) mass is 321 g/mol. The van der Waals surface area contributed by atoms with Crippen molar-refractivity contribution in [2.24, 2.45) is 5.92 Å². The lowest BCUT2D eigenvalue weighted by Gasteiger charge is -2.19. The van der Waals surface area contributed by atoms with Crippen molar-refractivity contribution in [3.8, 4) is 0 Å². The number of carbonyl (C=O) groups excluding carboxylic acids is 1. The van der Waals surface area contributed by atoms with Gasteiger partial charge < -0.3 is 9.84 Å². The van der Waals surface area contributed by atoms with Crippen LogP contribution in [0.2, 0.25) is 0 Å². The molecule has 7 nitrogen and oxygen atoms in total. The number of nitrogens with one attached hydrogen (secondary N) is 1. The normalized spacial score (nSPS) is 13.2. The number of carboxylic acid groups (broad SMARTS) is 1. The Labute approximate surface area is 120 Å². The molecular weight excluding hydrogens is 306 g/mol. The Morgan fingerprint density at radius 3 is 2.45 bits per heavy atom. The molecule has 112 valence electrons. The number of carboxylic acids is 1. The smallest absolute Gasteiger partial charge is 0.347 e. The highest BCUT2D eigenvalue weighted by atomic mass is 32.2. The summed E-state index contributed by atoms with van der Waals surface area (Å²) >= 11 is 0.799. The molecule has 20 heavy (non-hydrogen) atoms. The quantitative estimate of drug-likeness (QED) is 0.754. The number of ether oxygens (including phenoxy) is 1. The van der Waals surface area contributed by atoms with E-state index in [0.717, 1.165) is 18.4 Å². The van der Waals surface area contributed by atoms with Gasteiger partial charge in [-0.15, -0.1) is 11.3 Å². The molecule has 0 aliphatic carbocycles. The van der Waals surface area contributed by atoms with Crippen LogP contribution in [0.25, 0.3) is 0 Å². The average Bonchev–Trinajstić information content (AvgIpc) is 2.84. The first-order valence-electron chi connectivity index (χ1n) is 5.61. The van der Waals surface area contributed by atoms with Crippen LogP contribution in [0.1, 0.15) is 23.5 Å². The molecule has 0 saturated heterocycles. The lowest BCUT2D eigenvalue weighted by Crippen LogP contribution is -2.45. The van der Waals surface area contributed by atoms with Gasteiger partial charge in [-0.3, -0.25) is 4.79 Å². The number of carbonyl (C=O) groups is 2. The number of methoxy groups -OCH3 is 1. The molecule has 1 aromatic rings. The van der Waals surface area contributed by atoms with Crippen molar-refractivity contribution in [3.63, 3.8) is 0 Å². The van der Waals surface area contributed by atoms with E-state index < -0.39 is 28.0 Å². The number of rotatable bonds is 6. The summed E-state index contributed by atoms with van der Waals surface area (Å²) in [6, 6.07) is 0.108. The van der Waals surface area contributed by atoms with Gasteiger partial charge in [0, 0.05) is 0 Å². The predicted molar refractivity (Wildman–Crippen MR) is 72.2 cm³/mol. The minimum Gasteiger partial charge on any atom is -0.477 e. The molecule has 0 bridgehead atoms. The fourth-order valence-corrected chi connectivity index (χ4v) is 4.07. The van der Waals surface area contributed by atoms with E-state index >= 15 is 0 Å². The first-order valence-corrected chi connectivity index (χ1v) is 7.98. The summed E-state index contributed by atoms with van der Waals surface area (Å²) in [5, 5.41) is 10.3. The zero-order valence-electron chi connectivity index (χ0n) is 11.1. The Morgan fingerprint density at radius 1 is 1.40 bits per heavy atom. The topological polar surface area (TPSA) is 110 Å². The largest absolute Gasteiger partial charge is 0.477 e. The van der Waals surface area contributed by atoms with E-state index in [1.165, 1.54) is 11.4 Å². The van der Waals surface area contributed by atoms with E-state index in [0.29, 0.717) is 0 Å². The maximum absolute atomic E-state index is 12.2. The highest BCUT2D eigenvalue weighted by Crippen LogP contribution is 2.22. The fourth-order valence-electron chi connectivity index (χ4n) is 1.48. The van der Waals surface area contributed by atoms with Gasteiger partial charge in [-0.2, -0.15) is 4.72 Å². The number of thiophene rings is 1. The summed E-state index contributed by atoms with van der Waals surface area (Å²) in [5.74, 6) is -2.40. The first-order chi connectivity index (χ1) is 9.20. The number of hydrogen-bond donors (Lipinski definition) is 2. The van der Waals surface area contributed by atoms with E-state index in [4.69, 9.17) is 5.11 Å². The number of esters is 1. The van der Waals surface area contributed by atoms with Crippen LogP contribution in [0.5, 0.6) is 0 Å². The van der Waals surface area contributed by atoms with E-state index in [2.05, 4.69) is 9.46 Å². The third-order valence-electron chi connectivity index (χ3n) is 2.52. The molecule has 0 aliphatic rings. The lowest BCUT2D eigenvalue weighted by atomic mass is 10.1. The molecule has 1 heterocycles. The summed E-state index contributed by atoms with van der Waals surface area (Å²) in [6.07, 6.45) is 0. The number of aromatic carboxylic acids is 1. The van der Waals surface area contributed by atoms with Crippen LogP contribution in [-0.2, 0) is 19.6 Å². The van der Waals surface area contributed by atoms with Crippen LogP contribution >= 0.6 is 11.3 Å². The maximum Gasteiger partial charge on any atom is 0.347 e. The van der Waals surface area contributed by atoms with Crippen LogP contribution in [0.15, 0.2) is 16.3 Å². The molecule has 0 unspecified atom stereocenters. The Morgan fingerprint density at radius 2 is 2.00 bits per heavy atom. The highest BCUT2D eigenvalue weighted by Gasteiger charge is 2.31. The van der Waals surface area contributed by atoms with Crippen LogP contribution in [-0.4, -0.2) is 38.6 Å². The zero-order chi connectivity index (χ0) is 15.5. The van der Waals surface area contributed by atoms with E-state index in [-0.39, 0.29) is 15.7 Å². The first kappa shape index (κ1) is 16.6. The number of hydrogen-bond acceptors (Lipinski definition) is 6. The highest BCUT2D eigenvalue weighted by molar-refractivity contribution is 7.89. The molecule has 1 rings (SSSR count). The van der Waals surface area contributed by atoms with Crippen LogP contribution < -0.4 is 4.72 Å². The van der Waals surface area contributed by atoms with Gasteiger partial charge in [-0.25, -0.2) is 13.2 Å². The maximum atomic E-state index is 12.2. The number of sulfonamides is 1. The summed E-state index contributed by atoms with van der Waals surface area (Å²) in [4.78, 5) is 21.9. The molecule has 1 atom stereocenters. The predicted octanol–water partition coefficient (Wildman–Crippen LogP) is 0.922. The Hall–Kier alpha value is -1.45. The van der Waals surface area contributed by atoms with Gasteiger partial charge in [0.05, 0.1) is 7.11 Å². The second kappa shape index (κ2) is 6.33. The summed E-state index contributed by atoms with van der Waals surface area (Å²) in [6.45, 7) is 3.30. The van der Waals surface area contributed by atoms with Gasteiger partial charge in [0.25, 0.3) is 0 Å². The van der Waals surface area contributed by atoms with Crippen molar-refractivity contribution >= 4 is 33.3 Å². The molecule has 9 heteroatoms. The van der Waals surface area contributed by atoms with Crippen molar-refractivity contribution in [3.05, 3.63) is 16.3 Å². The summed E-state index contributed by atoms with van der Waals surface area (Å²) in [5.41, 5.74) is 0. The van der Waals surface area contributed by atoms with Gasteiger partial charge in [0.1, 0.15) is 15.8 Å². The van der Waals surface area contributed by atoms with Crippen LogP contribution in [0.4, 0.5) is 0 Å². The van der Waals surface area contributed by atoms with E-state index in [9.17, 15) is 18.0 Å². The molecule has 0 saturated carbocycles. The van der Waals surface area contributed by atoms with Crippen molar-refractivity contribution in [2.45, 2.75) is 24.8 Å². The molecule has 0 aromatic carbocycles. The van der Waals surface area contributed by atoms with Crippen molar-refractivity contribution < 1.29 is 27.9 Å². The molecule has 0 fully saturated rings. The zero-order valence-corrected chi connectivity index (χ0v) is 12.7. The second-order valence-corrected chi connectivity index (χ2v) is 6.88. The Balaban J connectivity index is 3.13. The van der Waals surface area contributed by atoms with Gasteiger partial charge in [0.15, 0.2) is 0 Å². The second-order valence-electron chi connectivity index (χ2n) is 4.29. The van der Waals surface area contributed by atoms with Crippen molar-refractivity contribution in [1.82, 2.24) is 4.72 Å². The Kier molecular flexibility index (Phi) is 5.26. The standard InChI is InChI=1S/C11H15NO6S2/c1-6(2)8(11(15)18-3)12-20(16,17)7-4-5-19-9(7)10(13)14/h4-6,8,12H,1-3H3,(H,13,14)/t8-/m0/s1. The lowest BCUT2D eigenvalue weighted by molar-refractivity contribution is -0.143. The van der Waals surface area contributed by atoms with E-state index in [1.54, 1.807) is 13.8 Å². The molecule has 0 aliphatic heterocycles. The molecule has 1 aromatic heterocycles. The Bertz CT molecular complexity index is 604. The minimum absolute atomic E-state index is 0.301. The third kappa shape index (κ3) is 3.56. The molecule has 0 spiro atoms. The molecule has 0 radical (unpaired) electrons. The third-order valence-corrected chi connectivity index (χ3v) is 5.03.